The Labute approximate surface area is 97.8 Å². The van der Waals surface area contributed by atoms with E-state index in [9.17, 15) is 4.79 Å². The molecule has 1 aliphatic carbocycles. The molecule has 0 aromatic carbocycles. The van der Waals surface area contributed by atoms with E-state index >= 15 is 0 Å². The molecule has 0 radical (unpaired) electrons. The van der Waals surface area contributed by atoms with Crippen LogP contribution in [0.25, 0.3) is 0 Å². The van der Waals surface area contributed by atoms with Crippen LogP contribution in [0.4, 0.5) is 0 Å². The highest BCUT2D eigenvalue weighted by Crippen LogP contribution is 2.29. The minimum atomic E-state index is -0.182. The molecule has 1 aliphatic rings. The van der Waals surface area contributed by atoms with E-state index in [0.717, 1.165) is 6.42 Å². The van der Waals surface area contributed by atoms with Gasteiger partial charge in [0.15, 0.2) is 0 Å². The third kappa shape index (κ3) is 2.41. The fourth-order valence-electron chi connectivity index (χ4n) is 1.35. The topological polar surface area (TPSA) is 42.0 Å². The zero-order valence-corrected chi connectivity index (χ0v) is 9.64. The van der Waals surface area contributed by atoms with Crippen molar-refractivity contribution >= 4 is 29.1 Å². The number of hydrogen-bond acceptors (Lipinski definition) is 2. The van der Waals surface area contributed by atoms with Crippen LogP contribution >= 0.6 is 23.2 Å². The van der Waals surface area contributed by atoms with E-state index in [1.807, 2.05) is 0 Å². The van der Waals surface area contributed by atoms with Gasteiger partial charge in [0, 0.05) is 6.04 Å². The van der Waals surface area contributed by atoms with E-state index < -0.39 is 0 Å². The molecule has 0 spiro atoms. The molecular weight excluding hydrogens is 235 g/mol. The first kappa shape index (κ1) is 10.7. The van der Waals surface area contributed by atoms with Crippen molar-refractivity contribution in [1.82, 2.24) is 10.3 Å². The summed E-state index contributed by atoms with van der Waals surface area (Å²) in [6.45, 7) is 2.09. The number of amides is 1. The van der Waals surface area contributed by atoms with E-state index in [0.29, 0.717) is 11.5 Å². The Balaban J connectivity index is 2.11. The molecule has 1 saturated carbocycles. The average molecular weight is 245 g/mol. The van der Waals surface area contributed by atoms with E-state index in [1.54, 1.807) is 12.1 Å². The number of carbonyl (C=O) groups is 1. The summed E-state index contributed by atoms with van der Waals surface area (Å²) in [6, 6.07) is 3.42. The van der Waals surface area contributed by atoms with Crippen molar-refractivity contribution in [2.75, 3.05) is 0 Å². The number of rotatable bonds is 2. The molecule has 1 aromatic rings. The van der Waals surface area contributed by atoms with Crippen molar-refractivity contribution in [3.05, 3.63) is 28.0 Å². The Kier molecular flexibility index (Phi) is 2.85. The van der Waals surface area contributed by atoms with E-state index in [4.69, 9.17) is 23.2 Å². The molecule has 5 heteroatoms. The second kappa shape index (κ2) is 3.99. The fraction of sp³-hybridized carbons (Fsp3) is 0.400. The zero-order chi connectivity index (χ0) is 11.0. The number of halogens is 2. The van der Waals surface area contributed by atoms with Crippen LogP contribution in [-0.2, 0) is 0 Å². The highest BCUT2D eigenvalue weighted by molar-refractivity contribution is 6.34. The lowest BCUT2D eigenvalue weighted by molar-refractivity contribution is 0.0949. The highest BCUT2D eigenvalue weighted by atomic mass is 35.5. The standard InChI is InChI=1S/C10H10Cl2N2O/c1-5-4-7(5)13-10(15)6-2-3-8(11)14-9(6)12/h2-3,5,7H,4H2,1H3,(H,13,15). The lowest BCUT2D eigenvalue weighted by Gasteiger charge is -2.05. The van der Waals surface area contributed by atoms with Crippen molar-refractivity contribution in [3.63, 3.8) is 0 Å². The van der Waals surface area contributed by atoms with Crippen molar-refractivity contribution in [2.24, 2.45) is 5.92 Å². The Morgan fingerprint density at radius 3 is 2.73 bits per heavy atom. The number of pyridine rings is 1. The molecule has 0 bridgehead atoms. The maximum atomic E-state index is 11.7. The predicted molar refractivity (Wildman–Crippen MR) is 59.3 cm³/mol. The summed E-state index contributed by atoms with van der Waals surface area (Å²) in [5.41, 5.74) is 0.375. The van der Waals surface area contributed by atoms with Crippen LogP contribution in [0.3, 0.4) is 0 Å². The van der Waals surface area contributed by atoms with Crippen LogP contribution in [0.15, 0.2) is 12.1 Å². The Morgan fingerprint density at radius 1 is 1.53 bits per heavy atom. The highest BCUT2D eigenvalue weighted by Gasteiger charge is 2.34. The number of nitrogens with zero attached hydrogens (tertiary/aromatic N) is 1. The third-order valence-electron chi connectivity index (χ3n) is 2.49. The molecule has 2 unspecified atom stereocenters. The van der Waals surface area contributed by atoms with Crippen molar-refractivity contribution in [1.29, 1.82) is 0 Å². The van der Waals surface area contributed by atoms with Gasteiger partial charge in [0.05, 0.1) is 5.56 Å². The van der Waals surface area contributed by atoms with E-state index in [2.05, 4.69) is 17.2 Å². The quantitative estimate of drug-likeness (QED) is 0.813. The van der Waals surface area contributed by atoms with Crippen molar-refractivity contribution in [3.8, 4) is 0 Å². The summed E-state index contributed by atoms with van der Waals surface area (Å²) in [7, 11) is 0. The van der Waals surface area contributed by atoms with Gasteiger partial charge in [-0.3, -0.25) is 4.79 Å². The first-order valence-corrected chi connectivity index (χ1v) is 5.46. The first-order valence-electron chi connectivity index (χ1n) is 4.71. The Hall–Kier alpha value is -0.800. The number of carbonyl (C=O) groups excluding carboxylic acids is 1. The fourth-order valence-corrected chi connectivity index (χ4v) is 1.78. The molecule has 80 valence electrons. The molecule has 1 heterocycles. The van der Waals surface area contributed by atoms with Gasteiger partial charge < -0.3 is 5.32 Å². The Bertz CT molecular complexity index is 408. The van der Waals surface area contributed by atoms with Gasteiger partial charge >= 0.3 is 0 Å². The van der Waals surface area contributed by atoms with Gasteiger partial charge in [-0.15, -0.1) is 0 Å². The number of aromatic nitrogens is 1. The van der Waals surface area contributed by atoms with Crippen molar-refractivity contribution in [2.45, 2.75) is 19.4 Å². The van der Waals surface area contributed by atoms with E-state index in [1.165, 1.54) is 0 Å². The van der Waals surface area contributed by atoms with Crippen LogP contribution in [0, 0.1) is 5.92 Å². The summed E-state index contributed by atoms with van der Waals surface area (Å²) in [5, 5.41) is 3.31. The van der Waals surface area contributed by atoms with Gasteiger partial charge in [0.2, 0.25) is 0 Å². The average Bonchev–Trinajstić information content (AvgIpc) is 2.81. The molecule has 15 heavy (non-hydrogen) atoms. The monoisotopic (exact) mass is 244 g/mol. The molecule has 1 aromatic heterocycles. The number of hydrogen-bond donors (Lipinski definition) is 1. The lowest BCUT2D eigenvalue weighted by atomic mass is 10.2. The predicted octanol–water partition coefficient (Wildman–Crippen LogP) is 2.53. The minimum absolute atomic E-state index is 0.147. The lowest BCUT2D eigenvalue weighted by Crippen LogP contribution is -2.26. The third-order valence-corrected chi connectivity index (χ3v) is 2.98. The molecule has 0 aliphatic heterocycles. The first-order chi connectivity index (χ1) is 7.08. The van der Waals surface area contributed by atoms with Crippen LogP contribution in [0.5, 0.6) is 0 Å². The molecule has 3 nitrogen and oxygen atoms in total. The normalized spacial score (nSPS) is 23.7. The van der Waals surface area contributed by atoms with Crippen molar-refractivity contribution < 1.29 is 4.79 Å². The summed E-state index contributed by atoms with van der Waals surface area (Å²) in [5.74, 6) is 0.381. The Morgan fingerprint density at radius 2 is 2.20 bits per heavy atom. The van der Waals surface area contributed by atoms with Crippen LogP contribution < -0.4 is 5.32 Å². The molecule has 0 saturated heterocycles. The molecular formula is C10H10Cl2N2O. The SMILES string of the molecule is CC1CC1NC(=O)c1ccc(Cl)nc1Cl. The number of nitrogens with one attached hydrogen (secondary N) is 1. The maximum Gasteiger partial charge on any atom is 0.254 e. The second-order valence-electron chi connectivity index (χ2n) is 3.77. The van der Waals surface area contributed by atoms with Gasteiger partial charge in [0.25, 0.3) is 5.91 Å². The van der Waals surface area contributed by atoms with Gasteiger partial charge in [-0.2, -0.15) is 0 Å². The summed E-state index contributed by atoms with van der Waals surface area (Å²) >= 11 is 11.4. The van der Waals surface area contributed by atoms with Gasteiger partial charge in [0.1, 0.15) is 10.3 Å². The summed E-state index contributed by atoms with van der Waals surface area (Å²) in [6.07, 6.45) is 1.03. The van der Waals surface area contributed by atoms with Gasteiger partial charge in [-0.1, -0.05) is 30.1 Å². The smallest absolute Gasteiger partial charge is 0.254 e. The molecule has 1 amide bonds. The van der Waals surface area contributed by atoms with Crippen LogP contribution in [0.2, 0.25) is 10.3 Å². The molecule has 1 N–H and O–H groups in total. The van der Waals surface area contributed by atoms with Gasteiger partial charge in [-0.25, -0.2) is 4.98 Å². The summed E-state index contributed by atoms with van der Waals surface area (Å²) < 4.78 is 0. The maximum absolute atomic E-state index is 11.7. The minimum Gasteiger partial charge on any atom is -0.349 e. The summed E-state index contributed by atoms with van der Waals surface area (Å²) in [4.78, 5) is 15.5. The van der Waals surface area contributed by atoms with E-state index in [-0.39, 0.29) is 22.3 Å². The largest absolute Gasteiger partial charge is 0.349 e. The zero-order valence-electron chi connectivity index (χ0n) is 8.13. The second-order valence-corrected chi connectivity index (χ2v) is 4.51. The van der Waals surface area contributed by atoms with Crippen LogP contribution in [0.1, 0.15) is 23.7 Å². The molecule has 1 fully saturated rings. The van der Waals surface area contributed by atoms with Gasteiger partial charge in [-0.05, 0) is 24.5 Å². The van der Waals surface area contributed by atoms with Crippen LogP contribution in [-0.4, -0.2) is 16.9 Å². The molecule has 2 rings (SSSR count). The molecule has 2 atom stereocenters.